The number of rotatable bonds is 5. The molecule has 0 aromatic heterocycles. The zero-order valence-electron chi connectivity index (χ0n) is 23.6. The van der Waals surface area contributed by atoms with Crippen molar-refractivity contribution < 1.29 is 38.6 Å². The van der Waals surface area contributed by atoms with Crippen LogP contribution in [0.2, 0.25) is 0 Å². The standard InChI is InChI=1S/C33H29NO8/c1-15-11-24(36)28-23(31(15)38)14-22-20(29(28)30-25(37)12-19(41-3)13-26(30)42-4)9-10-21-27(22)33(40)34(32(21)39)18-7-5-17(6-8-18)16(2)35/h5-9,11-13,21-22,27,29,37H,10,14H2,1-4H3/t21-,22+,27-,29-/m0/s1. The largest absolute Gasteiger partial charge is 0.507 e. The molecule has 1 heterocycles. The highest BCUT2D eigenvalue weighted by atomic mass is 16.5. The van der Waals surface area contributed by atoms with Crippen LogP contribution >= 0.6 is 0 Å². The number of methoxy groups -OCH3 is 2. The Balaban J connectivity index is 1.50. The predicted octanol–water partition coefficient (Wildman–Crippen LogP) is 4.25. The third kappa shape index (κ3) is 3.94. The molecule has 0 radical (unpaired) electrons. The number of carbonyl (C=O) groups is 5. The van der Waals surface area contributed by atoms with Gasteiger partial charge in [0.1, 0.15) is 17.2 Å². The van der Waals surface area contributed by atoms with Gasteiger partial charge < -0.3 is 14.6 Å². The number of hydrogen-bond donors (Lipinski definition) is 1. The van der Waals surface area contributed by atoms with E-state index in [0.717, 1.165) is 0 Å². The molecule has 3 aliphatic carbocycles. The van der Waals surface area contributed by atoms with Gasteiger partial charge in [0.15, 0.2) is 17.3 Å². The first-order chi connectivity index (χ1) is 20.1. The minimum atomic E-state index is -0.867. The van der Waals surface area contributed by atoms with Gasteiger partial charge in [0, 0.05) is 45.9 Å². The molecule has 1 aliphatic heterocycles. The lowest BCUT2D eigenvalue weighted by molar-refractivity contribution is -0.123. The number of nitrogens with zero attached hydrogens (tertiary/aromatic N) is 1. The van der Waals surface area contributed by atoms with Crippen LogP contribution < -0.4 is 14.4 Å². The summed E-state index contributed by atoms with van der Waals surface area (Å²) in [5.41, 5.74) is 2.65. The fourth-order valence-corrected chi connectivity index (χ4v) is 6.98. The number of phenolic OH excluding ortho intramolecular Hbond substituents is 1. The highest BCUT2D eigenvalue weighted by Gasteiger charge is 2.57. The van der Waals surface area contributed by atoms with E-state index in [2.05, 4.69) is 0 Å². The van der Waals surface area contributed by atoms with Crippen LogP contribution in [0.25, 0.3) is 0 Å². The first-order valence-electron chi connectivity index (χ1n) is 13.7. The summed E-state index contributed by atoms with van der Waals surface area (Å²) >= 11 is 0. The zero-order valence-corrected chi connectivity index (χ0v) is 23.6. The van der Waals surface area contributed by atoms with Crippen molar-refractivity contribution in [2.24, 2.45) is 17.8 Å². The van der Waals surface area contributed by atoms with Gasteiger partial charge in [-0.05, 0) is 62.9 Å². The summed E-state index contributed by atoms with van der Waals surface area (Å²) in [6.45, 7) is 3.02. The van der Waals surface area contributed by atoms with Crippen molar-refractivity contribution in [3.63, 3.8) is 0 Å². The molecule has 4 aliphatic rings. The van der Waals surface area contributed by atoms with Crippen molar-refractivity contribution in [2.75, 3.05) is 19.1 Å². The molecule has 1 N–H and O–H groups in total. The second kappa shape index (κ2) is 9.94. The third-order valence-electron chi connectivity index (χ3n) is 8.93. The van der Waals surface area contributed by atoms with Gasteiger partial charge in [-0.2, -0.15) is 0 Å². The summed E-state index contributed by atoms with van der Waals surface area (Å²) in [6.07, 6.45) is 3.55. The summed E-state index contributed by atoms with van der Waals surface area (Å²) < 4.78 is 10.9. The van der Waals surface area contributed by atoms with Crippen LogP contribution in [0.15, 0.2) is 70.8 Å². The highest BCUT2D eigenvalue weighted by Crippen LogP contribution is 2.58. The van der Waals surface area contributed by atoms with Crippen LogP contribution in [0.5, 0.6) is 17.2 Å². The number of allylic oxidation sites excluding steroid dienone is 6. The Morgan fingerprint density at radius 2 is 1.69 bits per heavy atom. The molecule has 0 unspecified atom stereocenters. The molecule has 2 amide bonds. The van der Waals surface area contributed by atoms with Crippen molar-refractivity contribution in [3.05, 3.63) is 82.0 Å². The molecule has 42 heavy (non-hydrogen) atoms. The molecule has 9 nitrogen and oxygen atoms in total. The van der Waals surface area contributed by atoms with Gasteiger partial charge in [-0.1, -0.05) is 11.6 Å². The number of phenols is 1. The average Bonchev–Trinajstić information content (AvgIpc) is 3.23. The van der Waals surface area contributed by atoms with Gasteiger partial charge >= 0.3 is 0 Å². The van der Waals surface area contributed by atoms with E-state index in [1.807, 2.05) is 6.08 Å². The smallest absolute Gasteiger partial charge is 0.238 e. The number of anilines is 1. The van der Waals surface area contributed by atoms with Crippen molar-refractivity contribution >= 4 is 34.9 Å². The second-order valence-corrected chi connectivity index (χ2v) is 11.1. The molecule has 0 saturated carbocycles. The van der Waals surface area contributed by atoms with Crippen LogP contribution in [0.3, 0.4) is 0 Å². The van der Waals surface area contributed by atoms with Gasteiger partial charge in [-0.15, -0.1) is 0 Å². The molecule has 214 valence electrons. The Morgan fingerprint density at radius 3 is 2.33 bits per heavy atom. The summed E-state index contributed by atoms with van der Waals surface area (Å²) in [5, 5.41) is 11.2. The van der Waals surface area contributed by atoms with Gasteiger partial charge in [0.05, 0.1) is 31.7 Å². The van der Waals surface area contributed by atoms with E-state index in [4.69, 9.17) is 9.47 Å². The van der Waals surface area contributed by atoms with Gasteiger partial charge in [-0.25, -0.2) is 0 Å². The Bertz CT molecular complexity index is 1690. The van der Waals surface area contributed by atoms with E-state index >= 15 is 0 Å². The van der Waals surface area contributed by atoms with Crippen molar-refractivity contribution in [1.29, 1.82) is 0 Å². The molecule has 2 aromatic carbocycles. The summed E-state index contributed by atoms with van der Waals surface area (Å²) in [7, 11) is 2.89. The van der Waals surface area contributed by atoms with Crippen LogP contribution in [-0.2, 0) is 19.2 Å². The lowest BCUT2D eigenvalue weighted by Gasteiger charge is -2.42. The molecule has 9 heteroatoms. The number of fused-ring (bicyclic) bond motifs is 3. The topological polar surface area (TPSA) is 127 Å². The van der Waals surface area contributed by atoms with E-state index in [-0.39, 0.29) is 58.7 Å². The molecule has 6 rings (SSSR count). The number of aromatic hydroxyl groups is 1. The van der Waals surface area contributed by atoms with Crippen molar-refractivity contribution in [1.82, 2.24) is 0 Å². The van der Waals surface area contributed by atoms with Gasteiger partial charge in [0.25, 0.3) is 0 Å². The minimum absolute atomic E-state index is 0.115. The Kier molecular flexibility index (Phi) is 6.48. The van der Waals surface area contributed by atoms with E-state index < -0.39 is 29.6 Å². The first kappa shape index (κ1) is 27.4. The fourth-order valence-electron chi connectivity index (χ4n) is 6.98. The quantitative estimate of drug-likeness (QED) is 0.246. The summed E-state index contributed by atoms with van der Waals surface area (Å²) in [6, 6.07) is 9.34. The predicted molar refractivity (Wildman–Crippen MR) is 151 cm³/mol. The Labute approximate surface area is 242 Å². The molecular weight excluding hydrogens is 538 g/mol. The van der Waals surface area contributed by atoms with Crippen LogP contribution in [0.1, 0.15) is 48.5 Å². The SMILES string of the molecule is COc1cc(O)c([C@H]2C3=CC[C@@H]4C(=O)N(c5ccc(C(C)=O)cc5)C(=O)[C@@H]4[C@@H]3CC3=C2C(=O)C=C(C)C3=O)c(OC)c1. The highest BCUT2D eigenvalue weighted by molar-refractivity contribution is 6.25. The summed E-state index contributed by atoms with van der Waals surface area (Å²) in [4.78, 5) is 67.7. The number of carbonyl (C=O) groups excluding carboxylic acids is 5. The maximum absolute atomic E-state index is 14.1. The monoisotopic (exact) mass is 567 g/mol. The lowest BCUT2D eigenvalue weighted by atomic mass is 9.59. The number of Topliss-reactive ketones (excluding diaryl/α,β-unsaturated/α-hetero) is 2. The number of ketones is 3. The summed E-state index contributed by atoms with van der Waals surface area (Å²) in [5.74, 6) is -3.95. The molecular formula is C33H29NO8. The normalized spacial score (nSPS) is 25.0. The molecule has 0 bridgehead atoms. The van der Waals surface area contributed by atoms with E-state index in [1.54, 1.807) is 37.3 Å². The molecule has 2 aromatic rings. The van der Waals surface area contributed by atoms with Crippen molar-refractivity contribution in [2.45, 2.75) is 32.6 Å². The second-order valence-electron chi connectivity index (χ2n) is 11.1. The molecule has 4 atom stereocenters. The maximum atomic E-state index is 14.1. The molecule has 0 spiro atoms. The third-order valence-corrected chi connectivity index (χ3v) is 8.93. The first-order valence-corrected chi connectivity index (χ1v) is 13.7. The lowest BCUT2D eigenvalue weighted by Crippen LogP contribution is -2.40. The van der Waals surface area contributed by atoms with E-state index in [0.29, 0.717) is 33.7 Å². The molecule has 1 fully saturated rings. The number of amides is 2. The maximum Gasteiger partial charge on any atom is 0.238 e. The Hall–Kier alpha value is -4.79. The average molecular weight is 568 g/mol. The zero-order chi connectivity index (χ0) is 30.0. The van der Waals surface area contributed by atoms with Crippen LogP contribution in [0, 0.1) is 17.8 Å². The number of imide groups is 1. The number of ether oxygens (including phenoxy) is 2. The fraction of sp³-hybridized carbons (Fsp3) is 0.303. The van der Waals surface area contributed by atoms with E-state index in [1.165, 1.54) is 38.2 Å². The van der Waals surface area contributed by atoms with Crippen LogP contribution in [0.4, 0.5) is 5.69 Å². The number of benzene rings is 2. The van der Waals surface area contributed by atoms with Gasteiger partial charge in [0.2, 0.25) is 11.8 Å². The van der Waals surface area contributed by atoms with Crippen LogP contribution in [-0.4, -0.2) is 48.5 Å². The molecule has 1 saturated heterocycles. The van der Waals surface area contributed by atoms with Crippen molar-refractivity contribution in [3.8, 4) is 17.2 Å². The Morgan fingerprint density at radius 1 is 0.976 bits per heavy atom. The minimum Gasteiger partial charge on any atom is -0.507 e. The van der Waals surface area contributed by atoms with Gasteiger partial charge in [-0.3, -0.25) is 28.9 Å². The number of hydrogen-bond acceptors (Lipinski definition) is 8. The van der Waals surface area contributed by atoms with E-state index in [9.17, 15) is 29.1 Å².